The van der Waals surface area contributed by atoms with Gasteiger partial charge in [-0.15, -0.1) is 0 Å². The number of rotatable bonds is 6. The molecule has 8 nitrogen and oxygen atoms in total. The van der Waals surface area contributed by atoms with Gasteiger partial charge in [-0.2, -0.15) is 4.39 Å². The van der Waals surface area contributed by atoms with E-state index in [-0.39, 0.29) is 18.2 Å². The fourth-order valence-corrected chi connectivity index (χ4v) is 3.91. The standard InChI is InChI=1S/C23H21F2N5O3/c1-29-21(32)23(28-22(29)26,17-11-18(20(31)33-2)30(13-17)9-8-24)16-5-3-4-14(10-16)15-6-7-19(25)27-12-15/h3-7,10-13H,8-9H2,1-2H3,(H2,26,28). The maximum atomic E-state index is 13.5. The number of likely N-dealkylation sites (N-methyl/N-ethyl adjacent to an activating group) is 1. The van der Waals surface area contributed by atoms with Crippen molar-refractivity contribution < 1.29 is 23.1 Å². The number of alkyl halides is 1. The Bertz CT molecular complexity index is 1260. The SMILES string of the molecule is COC(=O)c1cc(C2(c3cccc(-c4ccc(F)nc4)c3)N=C(N)N(C)C2=O)cn1CCF. The molecule has 170 valence electrons. The first-order chi connectivity index (χ1) is 15.8. The Morgan fingerprint density at radius 2 is 1.97 bits per heavy atom. The van der Waals surface area contributed by atoms with Gasteiger partial charge in [-0.1, -0.05) is 18.2 Å². The largest absolute Gasteiger partial charge is 0.464 e. The van der Waals surface area contributed by atoms with E-state index in [1.165, 1.54) is 48.2 Å². The van der Waals surface area contributed by atoms with Crippen LogP contribution >= 0.6 is 0 Å². The van der Waals surface area contributed by atoms with Crippen LogP contribution in [0.3, 0.4) is 0 Å². The Morgan fingerprint density at radius 3 is 2.58 bits per heavy atom. The van der Waals surface area contributed by atoms with Gasteiger partial charge in [0, 0.05) is 30.6 Å². The minimum atomic E-state index is -1.60. The number of nitrogens with zero attached hydrogens (tertiary/aromatic N) is 4. The highest BCUT2D eigenvalue weighted by Gasteiger charge is 2.50. The highest BCUT2D eigenvalue weighted by Crippen LogP contribution is 2.41. The number of aromatic nitrogens is 2. The number of carbonyl (C=O) groups is 2. The Labute approximate surface area is 188 Å². The van der Waals surface area contributed by atoms with Crippen LogP contribution in [0.5, 0.6) is 0 Å². The lowest BCUT2D eigenvalue weighted by Gasteiger charge is -2.25. The van der Waals surface area contributed by atoms with E-state index < -0.39 is 30.0 Å². The average molecular weight is 453 g/mol. The second-order valence-corrected chi connectivity index (χ2v) is 7.48. The molecule has 0 saturated heterocycles. The van der Waals surface area contributed by atoms with Crippen LogP contribution in [0.25, 0.3) is 11.1 Å². The summed E-state index contributed by atoms with van der Waals surface area (Å²) < 4.78 is 32.7. The molecule has 3 heterocycles. The molecule has 2 N–H and O–H groups in total. The summed E-state index contributed by atoms with van der Waals surface area (Å²) >= 11 is 0. The zero-order valence-corrected chi connectivity index (χ0v) is 18.0. The minimum Gasteiger partial charge on any atom is -0.464 e. The predicted molar refractivity (Wildman–Crippen MR) is 117 cm³/mol. The van der Waals surface area contributed by atoms with E-state index in [9.17, 15) is 18.4 Å². The van der Waals surface area contributed by atoms with Crippen LogP contribution < -0.4 is 5.73 Å². The minimum absolute atomic E-state index is 0.00767. The van der Waals surface area contributed by atoms with Crippen molar-refractivity contribution in [3.8, 4) is 11.1 Å². The van der Waals surface area contributed by atoms with Crippen molar-refractivity contribution >= 4 is 17.8 Å². The monoisotopic (exact) mass is 453 g/mol. The number of aliphatic imine (C=N–C) groups is 1. The number of benzene rings is 1. The number of ether oxygens (including phenoxy) is 1. The first-order valence-corrected chi connectivity index (χ1v) is 10.0. The van der Waals surface area contributed by atoms with Crippen LogP contribution in [0.1, 0.15) is 21.6 Å². The summed E-state index contributed by atoms with van der Waals surface area (Å²) in [7, 11) is 2.71. The number of carbonyl (C=O) groups excluding carboxylic acids is 2. The van der Waals surface area contributed by atoms with E-state index >= 15 is 0 Å². The molecule has 0 aliphatic carbocycles. The van der Waals surface area contributed by atoms with Crippen molar-refractivity contribution in [1.82, 2.24) is 14.5 Å². The zero-order chi connectivity index (χ0) is 23.8. The number of halogens is 2. The van der Waals surface area contributed by atoms with Crippen molar-refractivity contribution in [2.75, 3.05) is 20.8 Å². The van der Waals surface area contributed by atoms with E-state index in [0.717, 1.165) is 0 Å². The molecule has 0 fully saturated rings. The van der Waals surface area contributed by atoms with E-state index in [1.54, 1.807) is 30.3 Å². The van der Waals surface area contributed by atoms with Gasteiger partial charge in [-0.3, -0.25) is 9.69 Å². The van der Waals surface area contributed by atoms with Crippen LogP contribution in [0.15, 0.2) is 59.9 Å². The van der Waals surface area contributed by atoms with E-state index in [0.29, 0.717) is 22.3 Å². The lowest BCUT2D eigenvalue weighted by Crippen LogP contribution is -2.41. The Hall–Kier alpha value is -4.08. The fourth-order valence-electron chi connectivity index (χ4n) is 3.91. The fraction of sp³-hybridized carbons (Fsp3) is 0.217. The van der Waals surface area contributed by atoms with Gasteiger partial charge in [0.25, 0.3) is 5.91 Å². The Balaban J connectivity index is 1.93. The van der Waals surface area contributed by atoms with Crippen LogP contribution in [-0.4, -0.2) is 53.1 Å². The number of nitrogens with two attached hydrogens (primary N) is 1. The molecule has 1 atom stereocenters. The van der Waals surface area contributed by atoms with Crippen LogP contribution in [0.4, 0.5) is 8.78 Å². The summed E-state index contributed by atoms with van der Waals surface area (Å²) in [5.74, 6) is -1.73. The summed E-state index contributed by atoms with van der Waals surface area (Å²) in [5.41, 5.74) is 6.61. The second-order valence-electron chi connectivity index (χ2n) is 7.48. The summed E-state index contributed by atoms with van der Waals surface area (Å²) in [6.07, 6.45) is 2.89. The quantitative estimate of drug-likeness (QED) is 0.456. The molecular weight excluding hydrogens is 432 g/mol. The number of hydrogen-bond donors (Lipinski definition) is 1. The summed E-state index contributed by atoms with van der Waals surface area (Å²) in [4.78, 5) is 35.2. The molecule has 33 heavy (non-hydrogen) atoms. The van der Waals surface area contributed by atoms with Gasteiger partial charge < -0.3 is 15.0 Å². The first kappa shape index (κ1) is 22.1. The van der Waals surface area contributed by atoms with Crippen molar-refractivity contribution in [3.05, 3.63) is 77.6 Å². The van der Waals surface area contributed by atoms with Crippen molar-refractivity contribution in [1.29, 1.82) is 0 Å². The van der Waals surface area contributed by atoms with Gasteiger partial charge in [0.05, 0.1) is 13.7 Å². The third-order valence-electron chi connectivity index (χ3n) is 5.62. The molecule has 1 amide bonds. The first-order valence-electron chi connectivity index (χ1n) is 10.0. The number of amides is 1. The van der Waals surface area contributed by atoms with Crippen molar-refractivity contribution in [2.24, 2.45) is 10.7 Å². The van der Waals surface area contributed by atoms with Crippen molar-refractivity contribution in [2.45, 2.75) is 12.1 Å². The Morgan fingerprint density at radius 1 is 1.18 bits per heavy atom. The molecule has 1 unspecified atom stereocenters. The molecular formula is C23H21F2N5O3. The summed E-state index contributed by atoms with van der Waals surface area (Å²) in [6, 6.07) is 11.2. The molecule has 4 rings (SSSR count). The topological polar surface area (TPSA) is 103 Å². The highest BCUT2D eigenvalue weighted by molar-refractivity contribution is 6.09. The molecule has 1 aliphatic heterocycles. The number of hydrogen-bond acceptors (Lipinski definition) is 6. The van der Waals surface area contributed by atoms with Crippen LogP contribution in [0, 0.1) is 5.95 Å². The maximum absolute atomic E-state index is 13.5. The summed E-state index contributed by atoms with van der Waals surface area (Å²) in [6.45, 7) is -0.831. The van der Waals surface area contributed by atoms with E-state index in [4.69, 9.17) is 10.5 Å². The normalized spacial score (nSPS) is 17.9. The van der Waals surface area contributed by atoms with Gasteiger partial charge in [0.2, 0.25) is 5.95 Å². The third kappa shape index (κ3) is 3.63. The summed E-state index contributed by atoms with van der Waals surface area (Å²) in [5, 5.41) is 0. The molecule has 2 aromatic heterocycles. The number of pyridine rings is 1. The van der Waals surface area contributed by atoms with Crippen LogP contribution in [0.2, 0.25) is 0 Å². The molecule has 10 heteroatoms. The second kappa shape index (κ2) is 8.45. The molecule has 0 saturated carbocycles. The van der Waals surface area contributed by atoms with Gasteiger partial charge in [-0.25, -0.2) is 19.2 Å². The number of esters is 1. The highest BCUT2D eigenvalue weighted by atomic mass is 19.1. The Kier molecular flexibility index (Phi) is 5.67. The number of guanidine groups is 1. The average Bonchev–Trinajstić information content (AvgIpc) is 3.35. The van der Waals surface area contributed by atoms with E-state index in [1.807, 2.05) is 0 Å². The van der Waals surface area contributed by atoms with Gasteiger partial charge >= 0.3 is 5.97 Å². The lowest BCUT2D eigenvalue weighted by atomic mass is 9.83. The van der Waals surface area contributed by atoms with Gasteiger partial charge in [-0.05, 0) is 35.4 Å². The number of aryl methyl sites for hydroxylation is 1. The zero-order valence-electron chi connectivity index (χ0n) is 18.0. The molecule has 3 aromatic rings. The van der Waals surface area contributed by atoms with Crippen LogP contribution in [-0.2, 0) is 21.6 Å². The molecule has 1 aromatic carbocycles. The van der Waals surface area contributed by atoms with E-state index in [2.05, 4.69) is 9.98 Å². The molecule has 0 bridgehead atoms. The van der Waals surface area contributed by atoms with Gasteiger partial charge in [0.1, 0.15) is 12.4 Å². The molecule has 0 radical (unpaired) electrons. The maximum Gasteiger partial charge on any atom is 0.354 e. The third-order valence-corrected chi connectivity index (χ3v) is 5.62. The molecule has 1 aliphatic rings. The lowest BCUT2D eigenvalue weighted by molar-refractivity contribution is -0.129. The number of methoxy groups -OCH3 is 1. The van der Waals surface area contributed by atoms with Gasteiger partial charge in [0.15, 0.2) is 11.5 Å². The predicted octanol–water partition coefficient (Wildman–Crippen LogP) is 2.48. The smallest absolute Gasteiger partial charge is 0.354 e. The molecule has 0 spiro atoms. The van der Waals surface area contributed by atoms with Crippen molar-refractivity contribution in [3.63, 3.8) is 0 Å².